The van der Waals surface area contributed by atoms with Gasteiger partial charge in [0.2, 0.25) is 0 Å². The number of aromatic nitrogens is 1. The van der Waals surface area contributed by atoms with E-state index in [0.717, 1.165) is 12.2 Å². The van der Waals surface area contributed by atoms with Crippen LogP contribution in [0.4, 0.5) is 5.69 Å². The lowest BCUT2D eigenvalue weighted by Crippen LogP contribution is -2.27. The molecule has 0 atom stereocenters. The van der Waals surface area contributed by atoms with Crippen molar-refractivity contribution < 1.29 is 13.0 Å². The van der Waals surface area contributed by atoms with Crippen molar-refractivity contribution in [3.8, 4) is 0 Å². The van der Waals surface area contributed by atoms with Crippen LogP contribution in [-0.2, 0) is 10.1 Å². The minimum absolute atomic E-state index is 0.102. The maximum Gasteiger partial charge on any atom is 0.294 e. The largest absolute Gasteiger partial charge is 0.294 e. The van der Waals surface area contributed by atoms with E-state index in [0.29, 0.717) is 0 Å². The van der Waals surface area contributed by atoms with Gasteiger partial charge in [0.15, 0.2) is 0 Å². The SMILES string of the molecule is CCN(c1ccc(S(=O)(=O)O)cc1)n1cccc1. The van der Waals surface area contributed by atoms with Gasteiger partial charge in [-0.05, 0) is 43.3 Å². The third-order valence-corrected chi connectivity index (χ3v) is 3.47. The fourth-order valence-corrected chi connectivity index (χ4v) is 2.24. The van der Waals surface area contributed by atoms with Gasteiger partial charge in [-0.15, -0.1) is 0 Å². The van der Waals surface area contributed by atoms with Gasteiger partial charge < -0.3 is 0 Å². The molecule has 0 bridgehead atoms. The maximum atomic E-state index is 10.9. The molecule has 0 fully saturated rings. The highest BCUT2D eigenvalue weighted by atomic mass is 32.2. The van der Waals surface area contributed by atoms with Gasteiger partial charge in [0.25, 0.3) is 10.1 Å². The Hall–Kier alpha value is -1.79. The van der Waals surface area contributed by atoms with Crippen LogP contribution in [0.25, 0.3) is 0 Å². The molecule has 0 saturated heterocycles. The van der Waals surface area contributed by atoms with Crippen molar-refractivity contribution in [2.45, 2.75) is 11.8 Å². The topological polar surface area (TPSA) is 62.5 Å². The third-order valence-electron chi connectivity index (χ3n) is 2.60. The molecule has 1 N–H and O–H groups in total. The van der Waals surface area contributed by atoms with Crippen molar-refractivity contribution in [1.29, 1.82) is 0 Å². The summed E-state index contributed by atoms with van der Waals surface area (Å²) >= 11 is 0. The number of hydrogen-bond donors (Lipinski definition) is 1. The predicted octanol–water partition coefficient (Wildman–Crippen LogP) is 2.02. The zero-order chi connectivity index (χ0) is 13.2. The van der Waals surface area contributed by atoms with Crippen molar-refractivity contribution in [3.63, 3.8) is 0 Å². The van der Waals surface area contributed by atoms with Crippen molar-refractivity contribution in [3.05, 3.63) is 48.8 Å². The highest BCUT2D eigenvalue weighted by Gasteiger charge is 2.11. The second kappa shape index (κ2) is 4.83. The molecule has 1 aromatic carbocycles. The zero-order valence-corrected chi connectivity index (χ0v) is 10.7. The summed E-state index contributed by atoms with van der Waals surface area (Å²) in [6, 6.07) is 9.91. The zero-order valence-electron chi connectivity index (χ0n) is 9.89. The van der Waals surface area contributed by atoms with E-state index in [1.807, 2.05) is 41.1 Å². The smallest absolute Gasteiger partial charge is 0.282 e. The lowest BCUT2D eigenvalue weighted by Gasteiger charge is -2.24. The molecule has 1 aromatic heterocycles. The molecule has 0 saturated carbocycles. The van der Waals surface area contributed by atoms with Gasteiger partial charge in [0, 0.05) is 18.9 Å². The van der Waals surface area contributed by atoms with Crippen LogP contribution in [0.1, 0.15) is 6.92 Å². The molecule has 0 aliphatic rings. The summed E-state index contributed by atoms with van der Waals surface area (Å²) in [5.74, 6) is 0. The summed E-state index contributed by atoms with van der Waals surface area (Å²) in [7, 11) is -4.13. The van der Waals surface area contributed by atoms with Crippen LogP contribution >= 0.6 is 0 Å². The van der Waals surface area contributed by atoms with E-state index in [4.69, 9.17) is 4.55 Å². The summed E-state index contributed by atoms with van der Waals surface area (Å²) in [5.41, 5.74) is 0.848. The van der Waals surface area contributed by atoms with Gasteiger partial charge in [-0.25, -0.2) is 0 Å². The molecule has 0 aliphatic carbocycles. The van der Waals surface area contributed by atoms with Crippen LogP contribution in [0.2, 0.25) is 0 Å². The molecule has 0 spiro atoms. The van der Waals surface area contributed by atoms with Crippen LogP contribution in [0, 0.1) is 0 Å². The van der Waals surface area contributed by atoms with E-state index >= 15 is 0 Å². The minimum atomic E-state index is -4.13. The van der Waals surface area contributed by atoms with Gasteiger partial charge in [-0.3, -0.25) is 14.2 Å². The number of hydrogen-bond acceptors (Lipinski definition) is 3. The average Bonchev–Trinajstić information content (AvgIpc) is 2.83. The molecule has 0 aliphatic heterocycles. The monoisotopic (exact) mass is 266 g/mol. The second-order valence-electron chi connectivity index (χ2n) is 3.75. The lowest BCUT2D eigenvalue weighted by atomic mass is 10.3. The van der Waals surface area contributed by atoms with Gasteiger partial charge in [-0.1, -0.05) is 0 Å². The Kier molecular flexibility index (Phi) is 3.40. The Morgan fingerprint density at radius 3 is 2.17 bits per heavy atom. The van der Waals surface area contributed by atoms with E-state index < -0.39 is 10.1 Å². The highest BCUT2D eigenvalue weighted by Crippen LogP contribution is 2.18. The van der Waals surface area contributed by atoms with Gasteiger partial charge in [-0.2, -0.15) is 8.42 Å². The fourth-order valence-electron chi connectivity index (χ4n) is 1.76. The molecule has 1 heterocycles. The first kappa shape index (κ1) is 12.7. The quantitative estimate of drug-likeness (QED) is 0.860. The molecule has 0 unspecified atom stereocenters. The lowest BCUT2D eigenvalue weighted by molar-refractivity contribution is 0.483. The highest BCUT2D eigenvalue weighted by molar-refractivity contribution is 7.85. The number of rotatable bonds is 4. The predicted molar refractivity (Wildman–Crippen MR) is 69.1 cm³/mol. The third kappa shape index (κ3) is 2.55. The van der Waals surface area contributed by atoms with E-state index in [9.17, 15) is 8.42 Å². The Labute approximate surface area is 106 Å². The van der Waals surface area contributed by atoms with E-state index in [1.165, 1.54) is 12.1 Å². The number of anilines is 1. The molecule has 96 valence electrons. The van der Waals surface area contributed by atoms with Crippen LogP contribution < -0.4 is 5.01 Å². The van der Waals surface area contributed by atoms with E-state index in [1.54, 1.807) is 12.1 Å². The first-order valence-electron chi connectivity index (χ1n) is 5.50. The summed E-state index contributed by atoms with van der Waals surface area (Å²) < 4.78 is 32.7. The van der Waals surface area contributed by atoms with Crippen LogP contribution in [-0.4, -0.2) is 24.2 Å². The van der Waals surface area contributed by atoms with Gasteiger partial charge >= 0.3 is 0 Å². The summed E-state index contributed by atoms with van der Waals surface area (Å²) in [6.07, 6.45) is 3.81. The molecule has 5 nitrogen and oxygen atoms in total. The standard InChI is InChI=1S/C12H14N2O3S/c1-2-14(13-9-3-4-10-13)11-5-7-12(8-6-11)18(15,16)17/h3-10H,2H2,1H3,(H,15,16,17). The molecule has 6 heteroatoms. The Bertz CT molecular complexity index is 603. The van der Waals surface area contributed by atoms with Crippen molar-refractivity contribution in [2.75, 3.05) is 11.6 Å². The first-order valence-corrected chi connectivity index (χ1v) is 6.94. The van der Waals surface area contributed by atoms with Crippen molar-refractivity contribution in [1.82, 2.24) is 4.68 Å². The molecule has 2 rings (SSSR count). The molecular formula is C12H14N2O3S. The summed E-state index contributed by atoms with van der Waals surface area (Å²) in [4.78, 5) is -0.102. The first-order chi connectivity index (χ1) is 8.52. The van der Waals surface area contributed by atoms with Crippen molar-refractivity contribution in [2.24, 2.45) is 0 Å². The molecule has 2 aromatic rings. The number of benzene rings is 1. The summed E-state index contributed by atoms with van der Waals surface area (Å²) in [5, 5.41) is 1.97. The molecular weight excluding hydrogens is 252 g/mol. The van der Waals surface area contributed by atoms with E-state index in [2.05, 4.69) is 0 Å². The summed E-state index contributed by atoms with van der Waals surface area (Å²) in [6.45, 7) is 2.73. The number of nitrogens with zero attached hydrogens (tertiary/aromatic N) is 2. The second-order valence-corrected chi connectivity index (χ2v) is 5.17. The minimum Gasteiger partial charge on any atom is -0.282 e. The van der Waals surface area contributed by atoms with Gasteiger partial charge in [0.1, 0.15) is 0 Å². The van der Waals surface area contributed by atoms with Gasteiger partial charge in [0.05, 0.1) is 10.6 Å². The van der Waals surface area contributed by atoms with Crippen LogP contribution in [0.15, 0.2) is 53.7 Å². The normalized spacial score (nSPS) is 11.4. The molecule has 0 radical (unpaired) electrons. The Morgan fingerprint density at radius 1 is 1.17 bits per heavy atom. The van der Waals surface area contributed by atoms with E-state index in [-0.39, 0.29) is 4.90 Å². The van der Waals surface area contributed by atoms with Crippen molar-refractivity contribution >= 4 is 15.8 Å². The Morgan fingerprint density at radius 2 is 1.72 bits per heavy atom. The van der Waals surface area contributed by atoms with Crippen LogP contribution in [0.5, 0.6) is 0 Å². The maximum absolute atomic E-state index is 10.9. The average molecular weight is 266 g/mol. The fraction of sp³-hybridized carbons (Fsp3) is 0.167. The van der Waals surface area contributed by atoms with Crippen LogP contribution in [0.3, 0.4) is 0 Å². The molecule has 18 heavy (non-hydrogen) atoms. The molecule has 0 amide bonds. The Balaban J connectivity index is 2.34.